The number of benzene rings is 1. The van der Waals surface area contributed by atoms with Crippen LogP contribution >= 0.6 is 0 Å². The highest BCUT2D eigenvalue weighted by atomic mass is 16.5. The third kappa shape index (κ3) is 1.88. The van der Waals surface area contributed by atoms with Crippen molar-refractivity contribution in [2.24, 2.45) is 5.92 Å². The summed E-state index contributed by atoms with van der Waals surface area (Å²) < 4.78 is 5.65. The van der Waals surface area contributed by atoms with Gasteiger partial charge in [-0.25, -0.2) is 0 Å². The molecule has 120 valence electrons. The van der Waals surface area contributed by atoms with Crippen LogP contribution in [0.3, 0.4) is 0 Å². The van der Waals surface area contributed by atoms with Crippen molar-refractivity contribution in [3.8, 4) is 0 Å². The summed E-state index contributed by atoms with van der Waals surface area (Å²) in [6.07, 6.45) is 3.91. The Morgan fingerprint density at radius 3 is 2.83 bits per heavy atom. The van der Waals surface area contributed by atoms with Gasteiger partial charge in [0, 0.05) is 16.7 Å². The van der Waals surface area contributed by atoms with Crippen LogP contribution < -0.4 is 0 Å². The van der Waals surface area contributed by atoms with E-state index in [1.54, 1.807) is 0 Å². The SMILES string of the molecule is CC1(C)CCCc2c1ccc1c2C(=O)C(=O)C2C(CO)=COC12. The minimum atomic E-state index is -0.658. The van der Waals surface area contributed by atoms with Crippen LogP contribution in [-0.2, 0) is 21.4 Å². The molecule has 1 aliphatic heterocycles. The number of ether oxygens (including phenoxy) is 1. The van der Waals surface area contributed by atoms with Gasteiger partial charge in [0.15, 0.2) is 0 Å². The van der Waals surface area contributed by atoms with Gasteiger partial charge in [-0.3, -0.25) is 9.59 Å². The molecule has 2 aliphatic carbocycles. The molecule has 0 bridgehead atoms. The third-order valence-corrected chi connectivity index (χ3v) is 5.59. The van der Waals surface area contributed by atoms with Crippen molar-refractivity contribution in [2.75, 3.05) is 6.61 Å². The van der Waals surface area contributed by atoms with E-state index in [1.807, 2.05) is 6.07 Å². The summed E-state index contributed by atoms with van der Waals surface area (Å²) in [5.74, 6) is -1.52. The molecular weight excluding hydrogens is 292 g/mol. The van der Waals surface area contributed by atoms with Crippen LogP contribution in [0.25, 0.3) is 0 Å². The van der Waals surface area contributed by atoms with Crippen LogP contribution in [0.5, 0.6) is 0 Å². The third-order valence-electron chi connectivity index (χ3n) is 5.59. The minimum Gasteiger partial charge on any atom is -0.492 e. The molecule has 0 fully saturated rings. The Bertz CT molecular complexity index is 757. The molecule has 0 amide bonds. The predicted octanol–water partition coefficient (Wildman–Crippen LogP) is 2.63. The summed E-state index contributed by atoms with van der Waals surface area (Å²) in [5, 5.41) is 9.41. The normalized spacial score (nSPS) is 27.7. The fourth-order valence-electron chi connectivity index (χ4n) is 4.37. The molecule has 1 aromatic rings. The van der Waals surface area contributed by atoms with Crippen LogP contribution in [0.2, 0.25) is 0 Å². The highest BCUT2D eigenvalue weighted by Gasteiger charge is 2.48. The Labute approximate surface area is 135 Å². The predicted molar refractivity (Wildman–Crippen MR) is 84.2 cm³/mol. The van der Waals surface area contributed by atoms with Crippen molar-refractivity contribution in [3.05, 3.63) is 46.2 Å². The number of hydrogen-bond donors (Lipinski definition) is 1. The first-order valence-corrected chi connectivity index (χ1v) is 8.16. The fraction of sp³-hybridized carbons (Fsp3) is 0.474. The van der Waals surface area contributed by atoms with E-state index in [9.17, 15) is 14.7 Å². The summed E-state index contributed by atoms with van der Waals surface area (Å²) in [6, 6.07) is 4.03. The molecule has 23 heavy (non-hydrogen) atoms. The van der Waals surface area contributed by atoms with Gasteiger partial charge in [0.05, 0.1) is 18.8 Å². The Morgan fingerprint density at radius 2 is 2.09 bits per heavy atom. The number of carbonyl (C=O) groups excluding carboxylic acids is 2. The topological polar surface area (TPSA) is 63.6 Å². The van der Waals surface area contributed by atoms with Gasteiger partial charge in [0.25, 0.3) is 0 Å². The number of aliphatic hydroxyl groups excluding tert-OH is 1. The summed E-state index contributed by atoms with van der Waals surface area (Å²) >= 11 is 0. The van der Waals surface area contributed by atoms with Gasteiger partial charge in [-0.05, 0) is 35.8 Å². The summed E-state index contributed by atoms with van der Waals surface area (Å²) in [4.78, 5) is 25.4. The Hall–Kier alpha value is -1.94. The van der Waals surface area contributed by atoms with Crippen LogP contribution in [0.4, 0.5) is 0 Å². The zero-order chi connectivity index (χ0) is 16.4. The van der Waals surface area contributed by atoms with E-state index < -0.39 is 23.6 Å². The summed E-state index contributed by atoms with van der Waals surface area (Å²) in [7, 11) is 0. The number of fused-ring (bicyclic) bond motifs is 5. The number of ketones is 2. The lowest BCUT2D eigenvalue weighted by atomic mass is 9.67. The van der Waals surface area contributed by atoms with Gasteiger partial charge >= 0.3 is 0 Å². The monoisotopic (exact) mass is 312 g/mol. The number of aliphatic hydroxyl groups is 1. The van der Waals surface area contributed by atoms with Gasteiger partial charge in [0.1, 0.15) is 6.10 Å². The first-order valence-electron chi connectivity index (χ1n) is 8.16. The molecule has 2 unspecified atom stereocenters. The first kappa shape index (κ1) is 14.6. The van der Waals surface area contributed by atoms with Gasteiger partial charge < -0.3 is 9.84 Å². The standard InChI is InChI=1S/C19H20O4/c1-19(2)7-3-4-11-13(19)6-5-12-15(11)17(22)16(21)14-10(8-20)9-23-18(12)14/h5-6,9,14,18,20H,3-4,7-8H2,1-2H3. The molecule has 0 aromatic heterocycles. The Balaban J connectivity index is 1.92. The largest absolute Gasteiger partial charge is 0.492 e. The Kier molecular flexibility index (Phi) is 3.04. The fourth-order valence-corrected chi connectivity index (χ4v) is 4.37. The second kappa shape index (κ2) is 4.78. The van der Waals surface area contributed by atoms with Crippen molar-refractivity contribution < 1.29 is 19.4 Å². The molecule has 1 aromatic carbocycles. The number of carbonyl (C=O) groups is 2. The van der Waals surface area contributed by atoms with E-state index in [1.165, 1.54) is 11.8 Å². The molecule has 1 N–H and O–H groups in total. The van der Waals surface area contributed by atoms with Crippen molar-refractivity contribution >= 4 is 11.6 Å². The average molecular weight is 312 g/mol. The highest BCUT2D eigenvalue weighted by Crippen LogP contribution is 2.47. The van der Waals surface area contributed by atoms with Crippen LogP contribution in [0.1, 0.15) is 59.8 Å². The molecule has 4 rings (SSSR count). The first-order chi connectivity index (χ1) is 11.0. The maximum absolute atomic E-state index is 12.8. The molecular formula is C19H20O4. The summed E-state index contributed by atoms with van der Waals surface area (Å²) in [6.45, 7) is 4.12. The van der Waals surface area contributed by atoms with E-state index in [0.29, 0.717) is 11.1 Å². The molecule has 1 heterocycles. The quantitative estimate of drug-likeness (QED) is 0.810. The van der Waals surface area contributed by atoms with Crippen molar-refractivity contribution in [1.29, 1.82) is 0 Å². The number of Topliss-reactive ketones (excluding diaryl/α,β-unsaturated/α-hetero) is 2. The van der Waals surface area contributed by atoms with E-state index in [4.69, 9.17) is 4.74 Å². The van der Waals surface area contributed by atoms with Crippen LogP contribution in [0.15, 0.2) is 24.0 Å². The van der Waals surface area contributed by atoms with E-state index >= 15 is 0 Å². The molecule has 3 aliphatic rings. The lowest BCUT2D eigenvalue weighted by Gasteiger charge is -2.36. The van der Waals surface area contributed by atoms with Gasteiger partial charge in [0.2, 0.25) is 11.6 Å². The molecule has 0 spiro atoms. The van der Waals surface area contributed by atoms with Gasteiger partial charge in [-0.1, -0.05) is 26.0 Å². The average Bonchev–Trinajstić information content (AvgIpc) is 2.95. The van der Waals surface area contributed by atoms with Crippen molar-refractivity contribution in [2.45, 2.75) is 44.6 Å². The van der Waals surface area contributed by atoms with Crippen LogP contribution in [0, 0.1) is 5.92 Å². The second-order valence-corrected chi connectivity index (χ2v) is 7.37. The zero-order valence-corrected chi connectivity index (χ0v) is 13.4. The molecule has 0 saturated heterocycles. The molecule has 0 saturated carbocycles. The maximum atomic E-state index is 12.8. The number of hydrogen-bond acceptors (Lipinski definition) is 4. The molecule has 4 nitrogen and oxygen atoms in total. The maximum Gasteiger partial charge on any atom is 0.230 e. The molecule has 0 radical (unpaired) electrons. The molecule has 2 atom stereocenters. The van der Waals surface area contributed by atoms with E-state index in [-0.39, 0.29) is 12.0 Å². The smallest absolute Gasteiger partial charge is 0.230 e. The Morgan fingerprint density at radius 1 is 1.30 bits per heavy atom. The zero-order valence-electron chi connectivity index (χ0n) is 13.4. The van der Waals surface area contributed by atoms with Crippen molar-refractivity contribution in [3.63, 3.8) is 0 Å². The van der Waals surface area contributed by atoms with Crippen molar-refractivity contribution in [1.82, 2.24) is 0 Å². The van der Waals surface area contributed by atoms with Crippen LogP contribution in [-0.4, -0.2) is 23.3 Å². The minimum absolute atomic E-state index is 0.0217. The van der Waals surface area contributed by atoms with E-state index in [2.05, 4.69) is 19.9 Å². The molecule has 4 heteroatoms. The lowest BCUT2D eigenvalue weighted by Crippen LogP contribution is -2.37. The lowest BCUT2D eigenvalue weighted by molar-refractivity contribution is -0.120. The number of rotatable bonds is 1. The second-order valence-electron chi connectivity index (χ2n) is 7.37. The highest BCUT2D eigenvalue weighted by molar-refractivity contribution is 6.46. The van der Waals surface area contributed by atoms with Gasteiger partial charge in [-0.15, -0.1) is 0 Å². The summed E-state index contributed by atoms with van der Waals surface area (Å²) in [5.41, 5.74) is 4.09. The van der Waals surface area contributed by atoms with E-state index in [0.717, 1.165) is 30.4 Å². The van der Waals surface area contributed by atoms with Gasteiger partial charge in [-0.2, -0.15) is 0 Å².